The molecule has 0 saturated carbocycles. The highest BCUT2D eigenvalue weighted by Gasteiger charge is 2.17. The summed E-state index contributed by atoms with van der Waals surface area (Å²) in [6.07, 6.45) is 2.35. The maximum Gasteiger partial charge on any atom is 0.161 e. The molecule has 1 unspecified atom stereocenters. The summed E-state index contributed by atoms with van der Waals surface area (Å²) in [5, 5.41) is 3.46. The van der Waals surface area contributed by atoms with E-state index in [2.05, 4.69) is 19.2 Å². The molecular formula is C15H23NO2. The monoisotopic (exact) mass is 249 g/mol. The van der Waals surface area contributed by atoms with E-state index in [9.17, 15) is 0 Å². The van der Waals surface area contributed by atoms with Crippen LogP contribution >= 0.6 is 0 Å². The minimum atomic E-state index is 0.209. The third kappa shape index (κ3) is 3.91. The quantitative estimate of drug-likeness (QED) is 0.814. The lowest BCUT2D eigenvalue weighted by atomic mass is 10.1. The Labute approximate surface area is 109 Å². The number of nitrogens with one attached hydrogen (secondary N) is 1. The molecular weight excluding hydrogens is 226 g/mol. The summed E-state index contributed by atoms with van der Waals surface area (Å²) in [7, 11) is 0. The summed E-state index contributed by atoms with van der Waals surface area (Å²) < 4.78 is 11.6. The second-order valence-electron chi connectivity index (χ2n) is 5.21. The summed E-state index contributed by atoms with van der Waals surface area (Å²) in [4.78, 5) is 0. The Balaban J connectivity index is 1.81. The zero-order chi connectivity index (χ0) is 12.8. The van der Waals surface area contributed by atoms with E-state index in [1.807, 2.05) is 24.3 Å². The molecule has 3 nitrogen and oxygen atoms in total. The normalized spacial score (nSPS) is 18.7. The summed E-state index contributed by atoms with van der Waals surface area (Å²) in [5.41, 5.74) is 0. The molecule has 0 aliphatic carbocycles. The van der Waals surface area contributed by atoms with E-state index in [0.717, 1.165) is 43.5 Å². The highest BCUT2D eigenvalue weighted by Crippen LogP contribution is 2.30. The van der Waals surface area contributed by atoms with Gasteiger partial charge in [-0.1, -0.05) is 26.0 Å². The van der Waals surface area contributed by atoms with Gasteiger partial charge in [0, 0.05) is 13.0 Å². The molecule has 1 aliphatic heterocycles. The zero-order valence-electron chi connectivity index (χ0n) is 11.3. The lowest BCUT2D eigenvalue weighted by Gasteiger charge is -2.17. The molecule has 1 N–H and O–H groups in total. The fourth-order valence-corrected chi connectivity index (χ4v) is 2.00. The van der Waals surface area contributed by atoms with E-state index >= 15 is 0 Å². The van der Waals surface area contributed by atoms with Crippen LogP contribution in [0.3, 0.4) is 0 Å². The molecule has 100 valence electrons. The molecule has 1 aromatic carbocycles. The van der Waals surface area contributed by atoms with Crippen molar-refractivity contribution in [3.05, 3.63) is 24.3 Å². The third-order valence-electron chi connectivity index (χ3n) is 3.11. The molecule has 1 heterocycles. The van der Waals surface area contributed by atoms with Crippen LogP contribution in [0.15, 0.2) is 24.3 Å². The number of fused-ring (bicyclic) bond motifs is 1. The first-order chi connectivity index (χ1) is 8.75. The summed E-state index contributed by atoms with van der Waals surface area (Å²) in [6, 6.07) is 7.89. The van der Waals surface area contributed by atoms with Crippen molar-refractivity contribution in [2.75, 3.05) is 19.7 Å². The zero-order valence-corrected chi connectivity index (χ0v) is 11.3. The van der Waals surface area contributed by atoms with Gasteiger partial charge in [-0.3, -0.25) is 0 Å². The molecule has 3 heteroatoms. The van der Waals surface area contributed by atoms with E-state index in [1.54, 1.807) is 0 Å². The Kier molecular flexibility index (Phi) is 4.88. The van der Waals surface area contributed by atoms with Crippen LogP contribution in [-0.2, 0) is 0 Å². The van der Waals surface area contributed by atoms with E-state index < -0.39 is 0 Å². The second kappa shape index (κ2) is 6.64. The third-order valence-corrected chi connectivity index (χ3v) is 3.11. The maximum atomic E-state index is 5.98. The van der Waals surface area contributed by atoms with Gasteiger partial charge in [0.15, 0.2) is 11.5 Å². The highest BCUT2D eigenvalue weighted by molar-refractivity contribution is 5.40. The number of para-hydroxylation sites is 2. The van der Waals surface area contributed by atoms with Crippen molar-refractivity contribution in [1.82, 2.24) is 5.32 Å². The Morgan fingerprint density at radius 1 is 1.28 bits per heavy atom. The van der Waals surface area contributed by atoms with Crippen molar-refractivity contribution in [3.63, 3.8) is 0 Å². The minimum Gasteiger partial charge on any atom is -0.490 e. The average molecular weight is 249 g/mol. The molecule has 2 rings (SSSR count). The Morgan fingerprint density at radius 2 is 2.06 bits per heavy atom. The molecule has 1 aromatic rings. The molecule has 0 bridgehead atoms. The van der Waals surface area contributed by atoms with E-state index in [-0.39, 0.29) is 6.10 Å². The van der Waals surface area contributed by atoms with Gasteiger partial charge >= 0.3 is 0 Å². The van der Waals surface area contributed by atoms with Crippen molar-refractivity contribution >= 4 is 0 Å². The number of hydrogen-bond donors (Lipinski definition) is 1. The lowest BCUT2D eigenvalue weighted by Crippen LogP contribution is -2.32. The van der Waals surface area contributed by atoms with Crippen LogP contribution in [0.5, 0.6) is 11.5 Å². The summed E-state index contributed by atoms with van der Waals surface area (Å²) in [5.74, 6) is 2.48. The first-order valence-corrected chi connectivity index (χ1v) is 6.85. The molecule has 0 radical (unpaired) electrons. The highest BCUT2D eigenvalue weighted by atomic mass is 16.5. The number of rotatable bonds is 5. The van der Waals surface area contributed by atoms with Crippen molar-refractivity contribution in [1.29, 1.82) is 0 Å². The van der Waals surface area contributed by atoms with Gasteiger partial charge in [-0.25, -0.2) is 0 Å². The van der Waals surface area contributed by atoms with Gasteiger partial charge in [-0.15, -0.1) is 0 Å². The maximum absolute atomic E-state index is 5.98. The van der Waals surface area contributed by atoms with Crippen molar-refractivity contribution < 1.29 is 9.47 Å². The van der Waals surface area contributed by atoms with Crippen LogP contribution in [0.25, 0.3) is 0 Å². The first kappa shape index (κ1) is 13.2. The van der Waals surface area contributed by atoms with Gasteiger partial charge in [0.1, 0.15) is 6.10 Å². The molecule has 0 aromatic heterocycles. The van der Waals surface area contributed by atoms with Crippen LogP contribution in [-0.4, -0.2) is 25.8 Å². The van der Waals surface area contributed by atoms with Gasteiger partial charge in [0.2, 0.25) is 0 Å². The smallest absolute Gasteiger partial charge is 0.161 e. The van der Waals surface area contributed by atoms with Crippen LogP contribution in [0.2, 0.25) is 0 Å². The van der Waals surface area contributed by atoms with E-state index in [0.29, 0.717) is 0 Å². The molecule has 1 atom stereocenters. The minimum absolute atomic E-state index is 0.209. The summed E-state index contributed by atoms with van der Waals surface area (Å²) >= 11 is 0. The van der Waals surface area contributed by atoms with Crippen molar-refractivity contribution in [3.8, 4) is 11.5 Å². The van der Waals surface area contributed by atoms with E-state index in [1.165, 1.54) is 6.42 Å². The van der Waals surface area contributed by atoms with Gasteiger partial charge in [0.05, 0.1) is 6.61 Å². The Morgan fingerprint density at radius 3 is 2.83 bits per heavy atom. The molecule has 1 aliphatic rings. The number of benzene rings is 1. The fraction of sp³-hybridized carbons (Fsp3) is 0.600. The SMILES string of the molecule is CC(C)CCNCC1CCOc2ccccc2O1. The van der Waals surface area contributed by atoms with Crippen molar-refractivity contribution in [2.45, 2.75) is 32.8 Å². The standard InChI is InChI=1S/C15H23NO2/c1-12(2)7-9-16-11-13-8-10-17-14-5-3-4-6-15(14)18-13/h3-6,12-13,16H,7-11H2,1-2H3. The molecule has 0 fully saturated rings. The van der Waals surface area contributed by atoms with Gasteiger partial charge < -0.3 is 14.8 Å². The summed E-state index contributed by atoms with van der Waals surface area (Å²) in [6.45, 7) is 7.17. The van der Waals surface area contributed by atoms with Gasteiger partial charge in [-0.05, 0) is 31.0 Å². The lowest BCUT2D eigenvalue weighted by molar-refractivity contribution is 0.187. The fourth-order valence-electron chi connectivity index (χ4n) is 2.00. The van der Waals surface area contributed by atoms with Crippen LogP contribution in [0, 0.1) is 5.92 Å². The van der Waals surface area contributed by atoms with Crippen LogP contribution in [0.1, 0.15) is 26.7 Å². The first-order valence-electron chi connectivity index (χ1n) is 6.85. The molecule has 0 amide bonds. The topological polar surface area (TPSA) is 30.5 Å². The van der Waals surface area contributed by atoms with Crippen molar-refractivity contribution in [2.24, 2.45) is 5.92 Å². The Bertz CT molecular complexity index is 365. The van der Waals surface area contributed by atoms with Crippen LogP contribution in [0.4, 0.5) is 0 Å². The Hall–Kier alpha value is -1.22. The predicted octanol–water partition coefficient (Wildman–Crippen LogP) is 2.85. The molecule has 18 heavy (non-hydrogen) atoms. The van der Waals surface area contributed by atoms with Crippen LogP contribution < -0.4 is 14.8 Å². The molecule has 0 spiro atoms. The number of ether oxygens (including phenoxy) is 2. The van der Waals surface area contributed by atoms with Gasteiger partial charge in [-0.2, -0.15) is 0 Å². The largest absolute Gasteiger partial charge is 0.490 e. The molecule has 0 saturated heterocycles. The van der Waals surface area contributed by atoms with E-state index in [4.69, 9.17) is 9.47 Å². The second-order valence-corrected chi connectivity index (χ2v) is 5.21. The predicted molar refractivity (Wildman–Crippen MR) is 73.3 cm³/mol. The van der Waals surface area contributed by atoms with Gasteiger partial charge in [0.25, 0.3) is 0 Å². The number of hydrogen-bond acceptors (Lipinski definition) is 3. The average Bonchev–Trinajstić information content (AvgIpc) is 2.56.